The molecule has 0 aliphatic carbocycles. The first kappa shape index (κ1) is 18.9. The van der Waals surface area contributed by atoms with E-state index in [9.17, 15) is 4.79 Å². The molecule has 0 radical (unpaired) electrons. The molecule has 0 saturated heterocycles. The van der Waals surface area contributed by atoms with E-state index >= 15 is 0 Å². The summed E-state index contributed by atoms with van der Waals surface area (Å²) in [6, 6.07) is 19.5. The second kappa shape index (κ2) is 7.65. The molecule has 2 aliphatic rings. The second-order valence-corrected chi connectivity index (χ2v) is 7.61. The van der Waals surface area contributed by atoms with Gasteiger partial charge < -0.3 is 15.1 Å². The molecule has 0 bridgehead atoms. The summed E-state index contributed by atoms with van der Waals surface area (Å²) in [5.74, 6) is 1.32. The molecule has 0 amide bonds. The Morgan fingerprint density at radius 1 is 1.03 bits per heavy atom. The number of nitrogen functional groups attached to an aromatic ring is 1. The first-order chi connectivity index (χ1) is 15.1. The number of nitrogens with one attached hydrogen (secondary N) is 1. The van der Waals surface area contributed by atoms with Crippen molar-refractivity contribution in [3.8, 4) is 17.1 Å². The van der Waals surface area contributed by atoms with Crippen molar-refractivity contribution in [2.24, 2.45) is 0 Å². The van der Waals surface area contributed by atoms with E-state index in [2.05, 4.69) is 17.1 Å². The van der Waals surface area contributed by atoms with Crippen LogP contribution in [0.4, 0.5) is 5.69 Å². The van der Waals surface area contributed by atoms with E-state index in [4.69, 9.17) is 15.1 Å². The average molecular weight is 410 g/mol. The molecule has 0 spiro atoms. The predicted molar refractivity (Wildman–Crippen MR) is 121 cm³/mol. The summed E-state index contributed by atoms with van der Waals surface area (Å²) in [6.45, 7) is 1.96. The monoisotopic (exact) mass is 410 g/mol. The fourth-order valence-electron chi connectivity index (χ4n) is 3.91. The topological polar surface area (TPSA) is 89.8 Å². The highest BCUT2D eigenvalue weighted by Gasteiger charge is 2.23. The number of H-pyrrole nitrogens is 1. The first-order valence-corrected chi connectivity index (χ1v) is 10.2. The largest absolute Gasteiger partial charge is 0.469 e. The highest BCUT2D eigenvalue weighted by atomic mass is 16.3. The van der Waals surface area contributed by atoms with Gasteiger partial charge in [-0.25, -0.2) is 4.98 Å². The molecule has 3 heterocycles. The van der Waals surface area contributed by atoms with Crippen LogP contribution in [0.15, 0.2) is 82.3 Å². The second-order valence-electron chi connectivity index (χ2n) is 7.61. The molecule has 0 atom stereocenters. The summed E-state index contributed by atoms with van der Waals surface area (Å²) in [6.07, 6.45) is 4.45. The van der Waals surface area contributed by atoms with Gasteiger partial charge in [-0.05, 0) is 36.2 Å². The Labute approximate surface area is 179 Å². The van der Waals surface area contributed by atoms with E-state index in [1.54, 1.807) is 10.8 Å². The van der Waals surface area contributed by atoms with Crippen LogP contribution in [-0.2, 0) is 12.8 Å². The zero-order valence-corrected chi connectivity index (χ0v) is 17.1. The third-order valence-electron chi connectivity index (χ3n) is 5.59. The van der Waals surface area contributed by atoms with Crippen LogP contribution >= 0.6 is 0 Å². The van der Waals surface area contributed by atoms with Gasteiger partial charge in [0.2, 0.25) is 0 Å². The van der Waals surface area contributed by atoms with Gasteiger partial charge in [0, 0.05) is 23.9 Å². The number of benzene rings is 2. The van der Waals surface area contributed by atoms with Gasteiger partial charge in [-0.3, -0.25) is 9.36 Å². The molecule has 1 aromatic heterocycles. The molecule has 3 aromatic rings. The third kappa shape index (κ3) is 3.42. The van der Waals surface area contributed by atoms with Gasteiger partial charge in [0.1, 0.15) is 11.5 Å². The lowest BCUT2D eigenvalue weighted by Crippen LogP contribution is -2.20. The molecule has 31 heavy (non-hydrogen) atoms. The SMILES string of the molecule is Cc1c(N)cccc1-c1c[nH]c(Cc2ccccc2)c2nc(Cc3ccco3)c(=O)n1-2. The molecule has 2 aromatic carbocycles. The van der Waals surface area contributed by atoms with E-state index in [1.165, 1.54) is 0 Å². The fourth-order valence-corrected chi connectivity index (χ4v) is 3.91. The maximum Gasteiger partial charge on any atom is 0.279 e. The normalized spacial score (nSPS) is 11.3. The number of nitrogens with two attached hydrogens (primary N) is 1. The number of rotatable bonds is 5. The summed E-state index contributed by atoms with van der Waals surface area (Å²) < 4.78 is 7.14. The average Bonchev–Trinajstić information content (AvgIpc) is 3.41. The van der Waals surface area contributed by atoms with E-state index in [-0.39, 0.29) is 5.56 Å². The van der Waals surface area contributed by atoms with Gasteiger partial charge in [-0.2, -0.15) is 0 Å². The molecule has 0 unspecified atom stereocenters. The number of furan rings is 1. The van der Waals surface area contributed by atoms with Crippen molar-refractivity contribution in [2.45, 2.75) is 19.8 Å². The summed E-state index contributed by atoms with van der Waals surface area (Å²) >= 11 is 0. The number of fused-ring (bicyclic) bond motifs is 1. The maximum absolute atomic E-state index is 13.5. The van der Waals surface area contributed by atoms with Gasteiger partial charge >= 0.3 is 0 Å². The van der Waals surface area contributed by atoms with Crippen LogP contribution in [0.25, 0.3) is 17.1 Å². The van der Waals surface area contributed by atoms with E-state index < -0.39 is 0 Å². The highest BCUT2D eigenvalue weighted by molar-refractivity contribution is 5.71. The van der Waals surface area contributed by atoms with Crippen LogP contribution in [0.3, 0.4) is 0 Å². The smallest absolute Gasteiger partial charge is 0.279 e. The van der Waals surface area contributed by atoms with Crippen molar-refractivity contribution in [3.05, 3.63) is 112 Å². The quantitative estimate of drug-likeness (QED) is 0.422. The highest BCUT2D eigenvalue weighted by Crippen LogP contribution is 2.30. The Morgan fingerprint density at radius 2 is 1.87 bits per heavy atom. The Kier molecular flexibility index (Phi) is 4.67. The number of aromatic nitrogens is 3. The van der Waals surface area contributed by atoms with Crippen molar-refractivity contribution in [3.63, 3.8) is 0 Å². The van der Waals surface area contributed by atoms with Gasteiger partial charge in [0.25, 0.3) is 5.56 Å². The molecule has 6 heteroatoms. The standard InChI is InChI=1S/C25H22N4O2/c1-16-19(10-5-11-20(16)26)23-15-27-21(13-17-7-3-2-4-8-17)24-28-22(25(30)29(23)24)14-18-9-6-12-31-18/h2-12,15,27H,13-14,26H2,1H3. The Balaban J connectivity index is 1.71. The molecule has 0 saturated carbocycles. The summed E-state index contributed by atoms with van der Waals surface area (Å²) in [5.41, 5.74) is 11.7. The summed E-state index contributed by atoms with van der Waals surface area (Å²) in [7, 11) is 0. The minimum atomic E-state index is -0.147. The van der Waals surface area contributed by atoms with Crippen LogP contribution in [0, 0.1) is 6.92 Å². The zero-order valence-electron chi connectivity index (χ0n) is 17.1. The lowest BCUT2D eigenvalue weighted by molar-refractivity contribution is 0.519. The van der Waals surface area contributed by atoms with Crippen LogP contribution in [0.2, 0.25) is 0 Å². The van der Waals surface area contributed by atoms with Crippen molar-refractivity contribution >= 4 is 5.69 Å². The molecular formula is C25H22N4O2. The van der Waals surface area contributed by atoms with Crippen molar-refractivity contribution in [1.82, 2.24) is 14.5 Å². The van der Waals surface area contributed by atoms with E-state index in [0.717, 1.165) is 28.1 Å². The van der Waals surface area contributed by atoms with Crippen LogP contribution in [-0.4, -0.2) is 14.5 Å². The number of hydrogen-bond acceptors (Lipinski definition) is 4. The molecular weight excluding hydrogens is 388 g/mol. The van der Waals surface area contributed by atoms with E-state index in [1.807, 2.05) is 61.7 Å². The van der Waals surface area contributed by atoms with Crippen LogP contribution in [0.5, 0.6) is 0 Å². The molecule has 5 rings (SSSR count). The van der Waals surface area contributed by atoms with Crippen molar-refractivity contribution < 1.29 is 4.42 Å². The minimum absolute atomic E-state index is 0.147. The van der Waals surface area contributed by atoms with Gasteiger partial charge in [-0.15, -0.1) is 0 Å². The van der Waals surface area contributed by atoms with Crippen LogP contribution in [0.1, 0.15) is 28.3 Å². The molecule has 6 nitrogen and oxygen atoms in total. The lowest BCUT2D eigenvalue weighted by atomic mass is 10.0. The number of imidazole rings is 1. The lowest BCUT2D eigenvalue weighted by Gasteiger charge is -2.16. The zero-order chi connectivity index (χ0) is 21.4. The summed E-state index contributed by atoms with van der Waals surface area (Å²) in [5, 5.41) is 0. The van der Waals surface area contributed by atoms with Gasteiger partial charge in [0.05, 0.1) is 24.1 Å². The summed E-state index contributed by atoms with van der Waals surface area (Å²) in [4.78, 5) is 21.6. The number of hydrogen-bond donors (Lipinski definition) is 2. The van der Waals surface area contributed by atoms with Crippen molar-refractivity contribution in [1.29, 1.82) is 0 Å². The third-order valence-corrected chi connectivity index (χ3v) is 5.59. The van der Waals surface area contributed by atoms with E-state index in [0.29, 0.717) is 35.8 Å². The Bertz CT molecular complexity index is 1360. The minimum Gasteiger partial charge on any atom is -0.469 e. The molecule has 2 aliphatic heterocycles. The maximum atomic E-state index is 13.5. The fraction of sp³-hybridized carbons (Fsp3) is 0.120. The van der Waals surface area contributed by atoms with Gasteiger partial charge in [-0.1, -0.05) is 42.5 Å². The Morgan fingerprint density at radius 3 is 2.65 bits per heavy atom. The number of nitrogens with zero attached hydrogens (tertiary/aromatic N) is 2. The van der Waals surface area contributed by atoms with Crippen LogP contribution < -0.4 is 11.3 Å². The number of aromatic amines is 1. The molecule has 3 N–H and O–H groups in total. The van der Waals surface area contributed by atoms with Gasteiger partial charge in [0.15, 0.2) is 5.82 Å². The molecule has 0 fully saturated rings. The Hall–Kier alpha value is -4.06. The number of anilines is 1. The molecule has 154 valence electrons. The first-order valence-electron chi connectivity index (χ1n) is 10.2. The van der Waals surface area contributed by atoms with Crippen molar-refractivity contribution in [2.75, 3.05) is 5.73 Å². The predicted octanol–water partition coefficient (Wildman–Crippen LogP) is 4.33.